The van der Waals surface area contributed by atoms with Crippen LogP contribution in [0, 0.1) is 6.92 Å². The summed E-state index contributed by atoms with van der Waals surface area (Å²) in [5.41, 5.74) is 2.08. The van der Waals surface area contributed by atoms with Gasteiger partial charge in [-0.2, -0.15) is 0 Å². The van der Waals surface area contributed by atoms with E-state index in [1.807, 2.05) is 43.3 Å². The van der Waals surface area contributed by atoms with Crippen molar-refractivity contribution in [2.24, 2.45) is 0 Å². The number of ether oxygens (including phenoxy) is 2. The van der Waals surface area contributed by atoms with E-state index in [1.54, 1.807) is 0 Å². The molecule has 6 nitrogen and oxygen atoms in total. The minimum absolute atomic E-state index is 0.170. The molecule has 0 radical (unpaired) electrons. The summed E-state index contributed by atoms with van der Waals surface area (Å²) in [4.78, 5) is 0. The van der Waals surface area contributed by atoms with E-state index in [0.717, 1.165) is 21.9 Å². The summed E-state index contributed by atoms with van der Waals surface area (Å²) in [5, 5.41) is 41.0. The second-order valence-corrected chi connectivity index (χ2v) is 6.10. The molecule has 0 aliphatic carbocycles. The monoisotopic (exact) mass is 334 g/mol. The predicted octanol–water partition coefficient (Wildman–Crippen LogP) is 0.465. The van der Waals surface area contributed by atoms with Crippen LogP contribution in [0.25, 0.3) is 10.8 Å². The van der Waals surface area contributed by atoms with Gasteiger partial charge in [0.1, 0.15) is 24.4 Å². The fourth-order valence-electron chi connectivity index (χ4n) is 3.02. The molecule has 4 N–H and O–H groups in total. The van der Waals surface area contributed by atoms with Crippen molar-refractivity contribution in [3.8, 4) is 0 Å². The van der Waals surface area contributed by atoms with Crippen molar-refractivity contribution in [1.82, 2.24) is 0 Å². The molecular weight excluding hydrogens is 312 g/mol. The molecule has 2 aromatic rings. The van der Waals surface area contributed by atoms with E-state index in [4.69, 9.17) is 9.47 Å². The Morgan fingerprint density at radius 1 is 0.958 bits per heavy atom. The topological polar surface area (TPSA) is 99.4 Å². The van der Waals surface area contributed by atoms with Gasteiger partial charge in [-0.05, 0) is 28.8 Å². The van der Waals surface area contributed by atoms with Crippen molar-refractivity contribution in [3.05, 3.63) is 47.5 Å². The third kappa shape index (κ3) is 3.17. The summed E-state index contributed by atoms with van der Waals surface area (Å²) in [6.07, 6.45) is -6.30. The quantitative estimate of drug-likeness (QED) is 0.648. The maximum absolute atomic E-state index is 10.0. The van der Waals surface area contributed by atoms with E-state index in [-0.39, 0.29) is 6.61 Å². The van der Waals surface area contributed by atoms with Gasteiger partial charge in [0.15, 0.2) is 6.29 Å². The molecule has 0 saturated carbocycles. The molecule has 1 saturated heterocycles. The molecule has 2 aromatic carbocycles. The Hall–Kier alpha value is -1.54. The lowest BCUT2D eigenvalue weighted by molar-refractivity contribution is -0.304. The van der Waals surface area contributed by atoms with Gasteiger partial charge < -0.3 is 29.9 Å². The van der Waals surface area contributed by atoms with Crippen LogP contribution in [-0.4, -0.2) is 57.7 Å². The second-order valence-electron chi connectivity index (χ2n) is 6.10. The molecule has 0 unspecified atom stereocenters. The summed E-state index contributed by atoms with van der Waals surface area (Å²) >= 11 is 0. The highest BCUT2D eigenvalue weighted by molar-refractivity contribution is 5.88. The van der Waals surface area contributed by atoms with Crippen molar-refractivity contribution >= 4 is 10.8 Å². The van der Waals surface area contributed by atoms with Gasteiger partial charge in [0, 0.05) is 0 Å². The van der Waals surface area contributed by atoms with Crippen LogP contribution in [0.4, 0.5) is 0 Å². The van der Waals surface area contributed by atoms with Crippen LogP contribution in [0.5, 0.6) is 0 Å². The minimum Gasteiger partial charge on any atom is -0.394 e. The number of aliphatic hydroxyl groups excluding tert-OH is 4. The fraction of sp³-hybridized carbons (Fsp3) is 0.444. The Kier molecular flexibility index (Phi) is 5.15. The number of aryl methyl sites for hydroxylation is 1. The molecule has 130 valence electrons. The number of aliphatic hydroxyl groups is 4. The summed E-state index contributed by atoms with van der Waals surface area (Å²) in [6.45, 7) is 1.73. The van der Waals surface area contributed by atoms with Gasteiger partial charge in [-0.25, -0.2) is 0 Å². The largest absolute Gasteiger partial charge is 0.394 e. The van der Waals surface area contributed by atoms with E-state index in [2.05, 4.69) is 0 Å². The zero-order valence-electron chi connectivity index (χ0n) is 13.4. The molecule has 1 heterocycles. The van der Waals surface area contributed by atoms with Crippen LogP contribution in [-0.2, 0) is 16.1 Å². The lowest BCUT2D eigenvalue weighted by Gasteiger charge is -2.39. The lowest BCUT2D eigenvalue weighted by atomic mass is 9.99. The SMILES string of the molecule is Cc1ccc(CO[C@@H]2O[C@H](CO)[C@@H](O)[C@H](O)[C@H]2O)c2ccccc12. The predicted molar refractivity (Wildman–Crippen MR) is 87.2 cm³/mol. The molecule has 24 heavy (non-hydrogen) atoms. The summed E-state index contributed by atoms with van der Waals surface area (Å²) in [5.74, 6) is 0. The maximum Gasteiger partial charge on any atom is 0.187 e. The molecule has 3 rings (SSSR count). The molecule has 5 atom stereocenters. The molecule has 1 aliphatic heterocycles. The van der Waals surface area contributed by atoms with Crippen LogP contribution < -0.4 is 0 Å². The van der Waals surface area contributed by atoms with E-state index >= 15 is 0 Å². The molecule has 0 aromatic heterocycles. The van der Waals surface area contributed by atoms with Crippen molar-refractivity contribution < 1.29 is 29.9 Å². The standard InChI is InChI=1S/C18H22O6/c1-10-6-7-11(13-5-3-2-4-12(10)13)9-23-18-17(22)16(21)15(20)14(8-19)24-18/h2-7,14-22H,8-9H2,1H3/t14-,15-,16+,17-,18-/m1/s1. The van der Waals surface area contributed by atoms with Crippen LogP contribution >= 0.6 is 0 Å². The first kappa shape index (κ1) is 17.3. The molecular formula is C18H22O6. The highest BCUT2D eigenvalue weighted by Gasteiger charge is 2.43. The van der Waals surface area contributed by atoms with Gasteiger partial charge in [0.25, 0.3) is 0 Å². The highest BCUT2D eigenvalue weighted by Crippen LogP contribution is 2.26. The zero-order valence-corrected chi connectivity index (χ0v) is 13.4. The average molecular weight is 334 g/mol. The molecule has 0 spiro atoms. The average Bonchev–Trinajstić information content (AvgIpc) is 2.61. The van der Waals surface area contributed by atoms with Crippen molar-refractivity contribution in [2.45, 2.75) is 44.2 Å². The lowest BCUT2D eigenvalue weighted by Crippen LogP contribution is -2.59. The Morgan fingerprint density at radius 3 is 2.38 bits per heavy atom. The normalized spacial score (nSPS) is 30.6. The number of fused-ring (bicyclic) bond motifs is 1. The Balaban J connectivity index is 1.77. The van der Waals surface area contributed by atoms with Gasteiger partial charge >= 0.3 is 0 Å². The Labute approximate surface area is 139 Å². The summed E-state index contributed by atoms with van der Waals surface area (Å²) in [7, 11) is 0. The van der Waals surface area contributed by atoms with Gasteiger partial charge in [-0.1, -0.05) is 36.4 Å². The molecule has 6 heteroatoms. The van der Waals surface area contributed by atoms with Gasteiger partial charge in [0.2, 0.25) is 0 Å². The third-order valence-corrected chi connectivity index (χ3v) is 4.48. The number of rotatable bonds is 4. The first-order chi connectivity index (χ1) is 11.5. The van der Waals surface area contributed by atoms with E-state index in [9.17, 15) is 20.4 Å². The first-order valence-electron chi connectivity index (χ1n) is 7.92. The number of benzene rings is 2. The molecule has 1 aliphatic rings. The van der Waals surface area contributed by atoms with Gasteiger partial charge in [0.05, 0.1) is 13.2 Å². The summed E-state index contributed by atoms with van der Waals surface area (Å²) in [6, 6.07) is 11.9. The minimum atomic E-state index is -1.43. The fourth-order valence-corrected chi connectivity index (χ4v) is 3.02. The van der Waals surface area contributed by atoms with Gasteiger partial charge in [-0.3, -0.25) is 0 Å². The van der Waals surface area contributed by atoms with E-state index in [0.29, 0.717) is 0 Å². The van der Waals surface area contributed by atoms with Crippen LogP contribution in [0.1, 0.15) is 11.1 Å². The number of hydrogen-bond acceptors (Lipinski definition) is 6. The smallest absolute Gasteiger partial charge is 0.187 e. The van der Waals surface area contributed by atoms with E-state index in [1.165, 1.54) is 0 Å². The van der Waals surface area contributed by atoms with Crippen LogP contribution in [0.2, 0.25) is 0 Å². The van der Waals surface area contributed by atoms with Crippen molar-refractivity contribution in [2.75, 3.05) is 6.61 Å². The molecule has 0 bridgehead atoms. The van der Waals surface area contributed by atoms with Gasteiger partial charge in [-0.15, -0.1) is 0 Å². The van der Waals surface area contributed by atoms with Crippen molar-refractivity contribution in [3.63, 3.8) is 0 Å². The maximum atomic E-state index is 10.0. The number of hydrogen-bond donors (Lipinski definition) is 4. The Bertz CT molecular complexity index is 701. The summed E-state index contributed by atoms with van der Waals surface area (Å²) < 4.78 is 11.0. The zero-order chi connectivity index (χ0) is 17.3. The first-order valence-corrected chi connectivity index (χ1v) is 7.92. The highest BCUT2D eigenvalue weighted by atomic mass is 16.7. The second kappa shape index (κ2) is 7.14. The molecule has 0 amide bonds. The van der Waals surface area contributed by atoms with Crippen LogP contribution in [0.3, 0.4) is 0 Å². The van der Waals surface area contributed by atoms with Crippen molar-refractivity contribution in [1.29, 1.82) is 0 Å². The Morgan fingerprint density at radius 2 is 1.67 bits per heavy atom. The third-order valence-electron chi connectivity index (χ3n) is 4.48. The van der Waals surface area contributed by atoms with Crippen LogP contribution in [0.15, 0.2) is 36.4 Å². The van der Waals surface area contributed by atoms with E-state index < -0.39 is 37.3 Å². The molecule has 1 fully saturated rings.